The summed E-state index contributed by atoms with van der Waals surface area (Å²) >= 11 is 0. The van der Waals surface area contributed by atoms with E-state index in [1.54, 1.807) is 25.3 Å². The third-order valence-corrected chi connectivity index (χ3v) is 4.88. The third kappa shape index (κ3) is 4.41. The van der Waals surface area contributed by atoms with Gasteiger partial charge in [-0.25, -0.2) is 0 Å². The zero-order valence-corrected chi connectivity index (χ0v) is 15.2. The number of amides is 1. The van der Waals surface area contributed by atoms with Gasteiger partial charge in [0.2, 0.25) is 0 Å². The van der Waals surface area contributed by atoms with Gasteiger partial charge in [-0.15, -0.1) is 0 Å². The minimum Gasteiger partial charge on any atom is -0.497 e. The summed E-state index contributed by atoms with van der Waals surface area (Å²) in [5.74, 6) is 0.820. The van der Waals surface area contributed by atoms with E-state index in [1.807, 2.05) is 25.1 Å². The van der Waals surface area contributed by atoms with Crippen LogP contribution in [-0.4, -0.2) is 25.1 Å². The first kappa shape index (κ1) is 18.0. The van der Waals surface area contributed by atoms with Crippen molar-refractivity contribution in [3.05, 3.63) is 59.7 Å². The highest BCUT2D eigenvalue weighted by Crippen LogP contribution is 2.18. The van der Waals surface area contributed by atoms with E-state index in [0.717, 1.165) is 25.1 Å². The highest BCUT2D eigenvalue weighted by Gasteiger charge is 2.39. The number of carbonyl (C=O) groups excluding carboxylic acids is 1. The number of nitrogens with one attached hydrogen (secondary N) is 2. The molecule has 1 fully saturated rings. The summed E-state index contributed by atoms with van der Waals surface area (Å²) in [5, 5.41) is 12.0. The van der Waals surface area contributed by atoms with Crippen molar-refractivity contribution in [3.8, 4) is 11.8 Å². The van der Waals surface area contributed by atoms with Gasteiger partial charge in [-0.3, -0.25) is 4.79 Å². The van der Waals surface area contributed by atoms with Crippen molar-refractivity contribution in [2.45, 2.75) is 38.4 Å². The average Bonchev–Trinajstić information content (AvgIpc) is 3.51. The van der Waals surface area contributed by atoms with Gasteiger partial charge >= 0.3 is 0 Å². The number of nitrogens with zero attached hydrogens (tertiary/aromatic N) is 1. The summed E-state index contributed by atoms with van der Waals surface area (Å²) in [7, 11) is 1.66. The van der Waals surface area contributed by atoms with Crippen molar-refractivity contribution in [2.24, 2.45) is 0 Å². The molecule has 0 aliphatic heterocycles. The summed E-state index contributed by atoms with van der Waals surface area (Å²) in [6.07, 6.45) is 2.32. The van der Waals surface area contributed by atoms with Crippen LogP contribution in [0.5, 0.6) is 5.75 Å². The lowest BCUT2D eigenvalue weighted by Gasteiger charge is -2.25. The van der Waals surface area contributed by atoms with E-state index < -0.39 is 0 Å². The molecule has 1 amide bonds. The smallest absolute Gasteiger partial charge is 0.282 e. The van der Waals surface area contributed by atoms with Crippen molar-refractivity contribution >= 4 is 11.6 Å². The molecule has 0 radical (unpaired) electrons. The van der Waals surface area contributed by atoms with Gasteiger partial charge in [0.25, 0.3) is 5.91 Å². The van der Waals surface area contributed by atoms with E-state index >= 15 is 0 Å². The second-order valence-electron chi connectivity index (χ2n) is 6.78. The molecule has 0 heterocycles. The lowest BCUT2D eigenvalue weighted by molar-refractivity contribution is -0.938. The molecule has 1 aliphatic carbocycles. The van der Waals surface area contributed by atoms with Crippen LogP contribution in [0.3, 0.4) is 0 Å². The Hall–Kier alpha value is -2.84. The molecule has 3 rings (SSSR count). The minimum absolute atomic E-state index is 0.0181. The fourth-order valence-electron chi connectivity index (χ4n) is 3.17. The molecule has 1 aliphatic rings. The number of quaternary nitrogens is 1. The van der Waals surface area contributed by atoms with Crippen molar-refractivity contribution in [1.29, 1.82) is 5.26 Å². The summed E-state index contributed by atoms with van der Waals surface area (Å²) in [6, 6.07) is 17.5. The normalized spacial score (nSPS) is 15.6. The van der Waals surface area contributed by atoms with Crippen LogP contribution in [0, 0.1) is 11.3 Å². The average molecular weight is 350 g/mol. The highest BCUT2D eigenvalue weighted by molar-refractivity contribution is 5.93. The standard InChI is InChI=1S/C21H23N3O2/c1-15(21(25)23-18-5-3-4-17(12-18)13-22)24(19-8-9-19)14-16-6-10-20(26-2)11-7-16/h3-7,10-12,15,19H,8-9,14H2,1-2H3,(H,23,25)/p+1/t15-/m0/s1. The zero-order chi connectivity index (χ0) is 18.5. The Balaban J connectivity index is 1.68. The first-order valence-electron chi connectivity index (χ1n) is 8.90. The molecule has 1 saturated carbocycles. The molecule has 0 bridgehead atoms. The van der Waals surface area contributed by atoms with Crippen LogP contribution in [0.15, 0.2) is 48.5 Å². The Bertz CT molecular complexity index is 807. The fourth-order valence-corrected chi connectivity index (χ4v) is 3.17. The quantitative estimate of drug-likeness (QED) is 0.804. The topological polar surface area (TPSA) is 66.6 Å². The van der Waals surface area contributed by atoms with Crippen LogP contribution in [-0.2, 0) is 11.3 Å². The first-order chi connectivity index (χ1) is 12.6. The van der Waals surface area contributed by atoms with E-state index in [9.17, 15) is 4.79 Å². The van der Waals surface area contributed by atoms with Crippen LogP contribution < -0.4 is 15.0 Å². The first-order valence-corrected chi connectivity index (χ1v) is 8.90. The van der Waals surface area contributed by atoms with Crippen molar-refractivity contribution < 1.29 is 14.4 Å². The number of hydrogen-bond acceptors (Lipinski definition) is 3. The van der Waals surface area contributed by atoms with Gasteiger partial charge in [-0.1, -0.05) is 6.07 Å². The molecule has 2 atom stereocenters. The zero-order valence-electron chi connectivity index (χ0n) is 15.2. The van der Waals surface area contributed by atoms with Gasteiger partial charge in [0.05, 0.1) is 24.8 Å². The van der Waals surface area contributed by atoms with Crippen LogP contribution in [0.4, 0.5) is 5.69 Å². The van der Waals surface area contributed by atoms with Crippen LogP contribution >= 0.6 is 0 Å². The maximum absolute atomic E-state index is 12.7. The third-order valence-electron chi connectivity index (χ3n) is 4.88. The number of methoxy groups -OCH3 is 1. The number of nitriles is 1. The minimum atomic E-state index is -0.171. The Morgan fingerprint density at radius 3 is 2.65 bits per heavy atom. The number of carbonyl (C=O) groups is 1. The summed E-state index contributed by atoms with van der Waals surface area (Å²) < 4.78 is 5.21. The van der Waals surface area contributed by atoms with Crippen LogP contribution in [0.2, 0.25) is 0 Å². The number of rotatable bonds is 7. The van der Waals surface area contributed by atoms with E-state index in [1.165, 1.54) is 10.5 Å². The largest absolute Gasteiger partial charge is 0.497 e. The predicted octanol–water partition coefficient (Wildman–Crippen LogP) is 2.14. The molecule has 1 unspecified atom stereocenters. The lowest BCUT2D eigenvalue weighted by Crippen LogP contribution is -3.16. The van der Waals surface area contributed by atoms with Crippen molar-refractivity contribution in [1.82, 2.24) is 0 Å². The van der Waals surface area contributed by atoms with Crippen LogP contribution in [0.1, 0.15) is 30.9 Å². The molecular weight excluding hydrogens is 326 g/mol. The van der Waals surface area contributed by atoms with Gasteiger partial charge in [0.1, 0.15) is 12.3 Å². The van der Waals surface area contributed by atoms with Crippen molar-refractivity contribution in [3.63, 3.8) is 0 Å². The van der Waals surface area contributed by atoms with E-state index in [-0.39, 0.29) is 11.9 Å². The second kappa shape index (κ2) is 8.03. The molecule has 5 nitrogen and oxygen atoms in total. The molecule has 26 heavy (non-hydrogen) atoms. The maximum Gasteiger partial charge on any atom is 0.282 e. The molecule has 0 aromatic heterocycles. The highest BCUT2D eigenvalue weighted by atomic mass is 16.5. The Kier molecular flexibility index (Phi) is 5.55. The van der Waals surface area contributed by atoms with Gasteiger partial charge < -0.3 is 15.0 Å². The molecule has 2 aromatic rings. The van der Waals surface area contributed by atoms with Crippen LogP contribution in [0.25, 0.3) is 0 Å². The number of ether oxygens (including phenoxy) is 1. The number of benzene rings is 2. The van der Waals surface area contributed by atoms with Crippen molar-refractivity contribution in [2.75, 3.05) is 12.4 Å². The number of anilines is 1. The SMILES string of the molecule is COc1ccc(C[NH+](C2CC2)[C@@H](C)C(=O)Nc2cccc(C#N)c2)cc1. The molecule has 2 N–H and O–H groups in total. The Labute approximate surface area is 154 Å². The fraction of sp³-hybridized carbons (Fsp3) is 0.333. The van der Waals surface area contributed by atoms with E-state index in [2.05, 4.69) is 23.5 Å². The second-order valence-corrected chi connectivity index (χ2v) is 6.78. The monoisotopic (exact) mass is 350 g/mol. The predicted molar refractivity (Wildman–Crippen MR) is 99.9 cm³/mol. The Morgan fingerprint density at radius 1 is 1.31 bits per heavy atom. The van der Waals surface area contributed by atoms with Gasteiger partial charge in [-0.05, 0) is 49.4 Å². The van der Waals surface area contributed by atoms with Gasteiger partial charge in [0.15, 0.2) is 6.04 Å². The Morgan fingerprint density at radius 2 is 2.04 bits per heavy atom. The summed E-state index contributed by atoms with van der Waals surface area (Å²) in [4.78, 5) is 14.0. The van der Waals surface area contributed by atoms with Gasteiger partial charge in [-0.2, -0.15) is 5.26 Å². The number of hydrogen-bond donors (Lipinski definition) is 2. The summed E-state index contributed by atoms with van der Waals surface area (Å²) in [6.45, 7) is 2.78. The maximum atomic E-state index is 12.7. The lowest BCUT2D eigenvalue weighted by atomic mass is 10.1. The molecule has 0 saturated heterocycles. The molecule has 2 aromatic carbocycles. The summed E-state index contributed by atoms with van der Waals surface area (Å²) in [5.41, 5.74) is 2.40. The van der Waals surface area contributed by atoms with Gasteiger partial charge in [0, 0.05) is 24.1 Å². The molecule has 0 spiro atoms. The molecular formula is C21H24N3O2+. The van der Waals surface area contributed by atoms with E-state index in [4.69, 9.17) is 10.00 Å². The molecule has 134 valence electrons. The molecule has 5 heteroatoms. The van der Waals surface area contributed by atoms with E-state index in [0.29, 0.717) is 17.3 Å².